The van der Waals surface area contributed by atoms with Crippen molar-refractivity contribution in [1.29, 1.82) is 0 Å². The minimum atomic E-state index is 0.326. The number of nitrogens with two attached hydrogens (primary N) is 1. The highest BCUT2D eigenvalue weighted by Gasteiger charge is 2.19. The van der Waals surface area contributed by atoms with Crippen LogP contribution in [0, 0.1) is 0 Å². The third-order valence-electron chi connectivity index (χ3n) is 5.80. The Kier molecular flexibility index (Phi) is 5.87. The number of halogens is 1. The number of rotatable bonds is 6. The van der Waals surface area contributed by atoms with Crippen molar-refractivity contribution in [2.75, 3.05) is 10.6 Å². The molecule has 1 aliphatic carbocycles. The predicted molar refractivity (Wildman–Crippen MR) is 127 cm³/mol. The largest absolute Gasteiger partial charge is 0.366 e. The summed E-state index contributed by atoms with van der Waals surface area (Å²) in [6.45, 7) is 0.620. The summed E-state index contributed by atoms with van der Waals surface area (Å²) in [5, 5.41) is 12.2. The van der Waals surface area contributed by atoms with Crippen LogP contribution in [0.15, 0.2) is 55.0 Å². The lowest BCUT2D eigenvalue weighted by atomic mass is 9.92. The number of anilines is 2. The summed E-state index contributed by atoms with van der Waals surface area (Å²) in [4.78, 5) is 13.4. The van der Waals surface area contributed by atoms with Crippen molar-refractivity contribution in [2.24, 2.45) is 5.73 Å². The summed E-state index contributed by atoms with van der Waals surface area (Å²) >= 11 is 5.93. The zero-order valence-electron chi connectivity index (χ0n) is 17.6. The molecule has 0 amide bonds. The van der Waals surface area contributed by atoms with Gasteiger partial charge in [0.25, 0.3) is 0 Å². The first-order chi connectivity index (χ1) is 15.6. The number of hydrogen-bond acceptors (Lipinski definition) is 7. The number of benzene rings is 1. The Hall–Kier alpha value is -3.23. The second kappa shape index (κ2) is 9.10. The number of nitrogens with zero attached hydrogens (tertiary/aromatic N) is 5. The molecule has 0 aliphatic heterocycles. The highest BCUT2D eigenvalue weighted by atomic mass is 35.5. The predicted octanol–water partition coefficient (Wildman–Crippen LogP) is 4.13. The Bertz CT molecular complexity index is 1180. The molecule has 1 fully saturated rings. The summed E-state index contributed by atoms with van der Waals surface area (Å²) in [6.07, 6.45) is 9.59. The molecule has 8 nitrogen and oxygen atoms in total. The third kappa shape index (κ3) is 4.66. The van der Waals surface area contributed by atoms with Crippen LogP contribution >= 0.6 is 11.6 Å². The number of hydrogen-bond donors (Lipinski definition) is 3. The van der Waals surface area contributed by atoms with Gasteiger partial charge in [0.15, 0.2) is 5.65 Å². The molecule has 0 unspecified atom stereocenters. The van der Waals surface area contributed by atoms with Crippen molar-refractivity contribution in [3.05, 3.63) is 65.6 Å². The van der Waals surface area contributed by atoms with Gasteiger partial charge < -0.3 is 16.4 Å². The topological polar surface area (TPSA) is 106 Å². The minimum Gasteiger partial charge on any atom is -0.366 e. The fourth-order valence-electron chi connectivity index (χ4n) is 3.95. The second-order valence-corrected chi connectivity index (χ2v) is 8.60. The van der Waals surface area contributed by atoms with Crippen LogP contribution in [-0.2, 0) is 6.54 Å². The van der Waals surface area contributed by atoms with Crippen LogP contribution in [0.1, 0.15) is 31.2 Å². The van der Waals surface area contributed by atoms with Crippen molar-refractivity contribution >= 4 is 29.0 Å². The van der Waals surface area contributed by atoms with Gasteiger partial charge >= 0.3 is 0 Å². The van der Waals surface area contributed by atoms with E-state index in [9.17, 15) is 0 Å². The molecular weight excluding hydrogens is 424 g/mol. The van der Waals surface area contributed by atoms with Gasteiger partial charge in [0.2, 0.25) is 5.95 Å². The van der Waals surface area contributed by atoms with Gasteiger partial charge in [-0.1, -0.05) is 23.7 Å². The molecular formula is C23H25ClN8. The van der Waals surface area contributed by atoms with Gasteiger partial charge in [-0.25, -0.2) is 19.5 Å². The van der Waals surface area contributed by atoms with Gasteiger partial charge in [-0.15, -0.1) is 5.10 Å². The Morgan fingerprint density at radius 3 is 2.44 bits per heavy atom. The van der Waals surface area contributed by atoms with Crippen LogP contribution in [0.4, 0.5) is 11.8 Å². The van der Waals surface area contributed by atoms with Crippen molar-refractivity contribution < 1.29 is 0 Å². The molecule has 32 heavy (non-hydrogen) atoms. The van der Waals surface area contributed by atoms with E-state index in [1.165, 1.54) is 0 Å². The maximum absolute atomic E-state index is 6.02. The average molecular weight is 449 g/mol. The van der Waals surface area contributed by atoms with E-state index in [2.05, 4.69) is 25.6 Å². The van der Waals surface area contributed by atoms with Crippen molar-refractivity contribution in [3.8, 4) is 11.3 Å². The molecule has 0 saturated heterocycles. The van der Waals surface area contributed by atoms with Gasteiger partial charge in [0.05, 0.1) is 11.9 Å². The van der Waals surface area contributed by atoms with E-state index in [0.717, 1.165) is 59.0 Å². The monoisotopic (exact) mass is 448 g/mol. The highest BCUT2D eigenvalue weighted by molar-refractivity contribution is 6.30. The number of fused-ring (bicyclic) bond motifs is 1. The van der Waals surface area contributed by atoms with Crippen LogP contribution in [0.2, 0.25) is 5.02 Å². The molecule has 3 heterocycles. The van der Waals surface area contributed by atoms with Gasteiger partial charge in [0, 0.05) is 41.6 Å². The standard InChI is InChI=1S/C23H25ClN8/c24-17-3-1-15(2-4-17)11-27-23-28-12-16(13-29-23)20-14-26-22-10-9-21(31-32(20)22)30-19-7-5-18(25)6-8-19/h1-4,9-10,12-14,18-19H,5-8,11,25H2,(H,30,31)(H,27,28,29). The Morgan fingerprint density at radius 1 is 0.938 bits per heavy atom. The van der Waals surface area contributed by atoms with E-state index < -0.39 is 0 Å². The summed E-state index contributed by atoms with van der Waals surface area (Å²) in [5.74, 6) is 1.39. The number of aromatic nitrogens is 5. The van der Waals surface area contributed by atoms with E-state index in [0.29, 0.717) is 24.6 Å². The molecule has 3 aromatic heterocycles. The molecule has 4 N–H and O–H groups in total. The van der Waals surface area contributed by atoms with E-state index >= 15 is 0 Å². The SMILES string of the molecule is NC1CCC(Nc2ccc3ncc(-c4cnc(NCc5ccc(Cl)cc5)nc4)n3n2)CC1. The molecule has 0 bridgehead atoms. The van der Waals surface area contributed by atoms with Gasteiger partial charge in [0.1, 0.15) is 5.82 Å². The fourth-order valence-corrected chi connectivity index (χ4v) is 4.08. The second-order valence-electron chi connectivity index (χ2n) is 8.16. The van der Waals surface area contributed by atoms with Gasteiger partial charge in [-0.2, -0.15) is 0 Å². The van der Waals surface area contributed by atoms with E-state index in [4.69, 9.17) is 22.4 Å². The van der Waals surface area contributed by atoms with Crippen LogP contribution in [0.3, 0.4) is 0 Å². The van der Waals surface area contributed by atoms with Crippen LogP contribution in [-0.4, -0.2) is 36.6 Å². The lowest BCUT2D eigenvalue weighted by Gasteiger charge is -2.27. The zero-order chi connectivity index (χ0) is 21.9. The fraction of sp³-hybridized carbons (Fsp3) is 0.304. The first kappa shape index (κ1) is 20.7. The van der Waals surface area contributed by atoms with Crippen molar-refractivity contribution in [2.45, 2.75) is 44.3 Å². The lowest BCUT2D eigenvalue weighted by Crippen LogP contribution is -2.33. The van der Waals surface area contributed by atoms with Crippen LogP contribution < -0.4 is 16.4 Å². The molecule has 164 valence electrons. The molecule has 0 radical (unpaired) electrons. The zero-order valence-corrected chi connectivity index (χ0v) is 18.3. The Balaban J connectivity index is 1.29. The number of nitrogens with one attached hydrogen (secondary N) is 2. The molecule has 1 aromatic carbocycles. The van der Waals surface area contributed by atoms with Crippen molar-refractivity contribution in [3.63, 3.8) is 0 Å². The molecule has 9 heteroatoms. The molecule has 0 spiro atoms. The molecule has 1 aliphatic rings. The maximum Gasteiger partial charge on any atom is 0.222 e. The molecule has 0 atom stereocenters. The maximum atomic E-state index is 6.02. The van der Waals surface area contributed by atoms with Crippen molar-refractivity contribution in [1.82, 2.24) is 24.6 Å². The van der Waals surface area contributed by atoms with E-state index in [-0.39, 0.29) is 0 Å². The van der Waals surface area contributed by atoms with Crippen LogP contribution in [0.5, 0.6) is 0 Å². The summed E-state index contributed by atoms with van der Waals surface area (Å²) in [7, 11) is 0. The van der Waals surface area contributed by atoms with E-state index in [1.807, 2.05) is 40.9 Å². The first-order valence-electron chi connectivity index (χ1n) is 10.8. The summed E-state index contributed by atoms with van der Waals surface area (Å²) < 4.78 is 1.83. The minimum absolute atomic E-state index is 0.326. The summed E-state index contributed by atoms with van der Waals surface area (Å²) in [5.41, 5.74) is 9.60. The average Bonchev–Trinajstić information content (AvgIpc) is 3.24. The summed E-state index contributed by atoms with van der Waals surface area (Å²) in [6, 6.07) is 12.4. The Labute approximate surface area is 191 Å². The Morgan fingerprint density at radius 2 is 1.69 bits per heavy atom. The van der Waals surface area contributed by atoms with Gasteiger partial charge in [-0.3, -0.25) is 0 Å². The first-order valence-corrected chi connectivity index (χ1v) is 11.2. The van der Waals surface area contributed by atoms with Crippen LogP contribution in [0.25, 0.3) is 16.9 Å². The third-order valence-corrected chi connectivity index (χ3v) is 6.05. The lowest BCUT2D eigenvalue weighted by molar-refractivity contribution is 0.410. The highest BCUT2D eigenvalue weighted by Crippen LogP contribution is 2.23. The van der Waals surface area contributed by atoms with E-state index in [1.54, 1.807) is 18.6 Å². The molecule has 4 aromatic rings. The van der Waals surface area contributed by atoms with Gasteiger partial charge in [-0.05, 0) is 55.5 Å². The molecule has 5 rings (SSSR count). The number of imidazole rings is 1. The normalized spacial score (nSPS) is 18.6. The quantitative estimate of drug-likeness (QED) is 0.407. The molecule has 1 saturated carbocycles. The smallest absolute Gasteiger partial charge is 0.222 e.